The molecular weight excluding hydrogens is 282 g/mol. The number of aromatic nitrogens is 2. The predicted molar refractivity (Wildman–Crippen MR) is 89.4 cm³/mol. The van der Waals surface area contributed by atoms with Crippen molar-refractivity contribution in [2.45, 2.75) is 45.2 Å². The lowest BCUT2D eigenvalue weighted by atomic mass is 9.89. The Balaban J connectivity index is 0.00000161. The minimum Gasteiger partial charge on any atom is -0.326 e. The minimum absolute atomic E-state index is 0. The molecule has 0 unspecified atom stereocenters. The Labute approximate surface area is 133 Å². The molecule has 0 amide bonds. The molecule has 3 rings (SSSR count). The van der Waals surface area contributed by atoms with Gasteiger partial charge in [0, 0.05) is 24.8 Å². The average Bonchev–Trinajstić information content (AvgIpc) is 2.97. The molecule has 1 fully saturated rings. The van der Waals surface area contributed by atoms with Crippen LogP contribution in [0.25, 0.3) is 11.1 Å². The molecule has 21 heavy (non-hydrogen) atoms. The zero-order valence-electron chi connectivity index (χ0n) is 12.4. The van der Waals surface area contributed by atoms with Gasteiger partial charge in [-0.25, -0.2) is 0 Å². The smallest absolute Gasteiger partial charge is 0.0568 e. The standard InChI is InChI=1S/C17H23N3.ClH/c18-10-15-7-4-8-16(9-15)17-11-19-20(13-17)12-14-5-2-1-3-6-14;/h4,7-9,11,13-14H,1-3,5-6,10,12,18H2;1H. The lowest BCUT2D eigenvalue weighted by Gasteiger charge is -2.21. The molecule has 1 saturated carbocycles. The largest absolute Gasteiger partial charge is 0.326 e. The molecule has 1 heterocycles. The summed E-state index contributed by atoms with van der Waals surface area (Å²) in [4.78, 5) is 0. The van der Waals surface area contributed by atoms with E-state index < -0.39 is 0 Å². The fourth-order valence-electron chi connectivity index (χ4n) is 3.12. The quantitative estimate of drug-likeness (QED) is 0.927. The summed E-state index contributed by atoms with van der Waals surface area (Å²) in [5.74, 6) is 0.812. The number of nitrogens with two attached hydrogens (primary N) is 1. The molecule has 0 atom stereocenters. The summed E-state index contributed by atoms with van der Waals surface area (Å²) >= 11 is 0. The third kappa shape index (κ3) is 4.08. The Morgan fingerprint density at radius 1 is 1.14 bits per heavy atom. The van der Waals surface area contributed by atoms with Gasteiger partial charge in [0.2, 0.25) is 0 Å². The summed E-state index contributed by atoms with van der Waals surface area (Å²) in [6.45, 7) is 1.65. The van der Waals surface area contributed by atoms with Crippen LogP contribution in [0.4, 0.5) is 0 Å². The number of hydrogen-bond donors (Lipinski definition) is 1. The van der Waals surface area contributed by atoms with E-state index in [0.717, 1.165) is 12.5 Å². The van der Waals surface area contributed by atoms with E-state index in [1.54, 1.807) is 0 Å². The predicted octanol–water partition coefficient (Wildman–Crippen LogP) is 4.01. The number of rotatable bonds is 4. The van der Waals surface area contributed by atoms with Gasteiger partial charge in [-0.05, 0) is 36.0 Å². The number of benzene rings is 1. The molecule has 3 nitrogen and oxygen atoms in total. The van der Waals surface area contributed by atoms with Gasteiger partial charge < -0.3 is 5.73 Å². The van der Waals surface area contributed by atoms with Gasteiger partial charge in [0.1, 0.15) is 0 Å². The van der Waals surface area contributed by atoms with Crippen molar-refractivity contribution >= 4 is 12.4 Å². The topological polar surface area (TPSA) is 43.8 Å². The molecular formula is C17H24ClN3. The first-order valence-corrected chi connectivity index (χ1v) is 7.67. The highest BCUT2D eigenvalue weighted by molar-refractivity contribution is 5.85. The van der Waals surface area contributed by atoms with Crippen LogP contribution in [0.3, 0.4) is 0 Å². The van der Waals surface area contributed by atoms with Gasteiger partial charge in [-0.3, -0.25) is 4.68 Å². The fraction of sp³-hybridized carbons (Fsp3) is 0.471. The molecule has 1 aliphatic carbocycles. The van der Waals surface area contributed by atoms with E-state index >= 15 is 0 Å². The molecule has 1 aromatic heterocycles. The van der Waals surface area contributed by atoms with Crippen LogP contribution >= 0.6 is 12.4 Å². The highest BCUT2D eigenvalue weighted by atomic mass is 35.5. The molecule has 4 heteroatoms. The van der Waals surface area contributed by atoms with Crippen molar-refractivity contribution in [2.24, 2.45) is 11.7 Å². The highest BCUT2D eigenvalue weighted by Gasteiger charge is 2.14. The second kappa shape index (κ2) is 7.62. The van der Waals surface area contributed by atoms with Crippen LogP contribution in [0.5, 0.6) is 0 Å². The van der Waals surface area contributed by atoms with Gasteiger partial charge in [-0.1, -0.05) is 37.5 Å². The monoisotopic (exact) mass is 305 g/mol. The molecule has 0 saturated heterocycles. The number of nitrogens with zero attached hydrogens (tertiary/aromatic N) is 2. The Hall–Kier alpha value is -1.32. The molecule has 1 aliphatic rings. The van der Waals surface area contributed by atoms with Crippen LogP contribution in [0, 0.1) is 5.92 Å². The zero-order chi connectivity index (χ0) is 13.8. The lowest BCUT2D eigenvalue weighted by Crippen LogP contribution is -2.14. The van der Waals surface area contributed by atoms with Crippen molar-refractivity contribution in [3.63, 3.8) is 0 Å². The summed E-state index contributed by atoms with van der Waals surface area (Å²) < 4.78 is 2.11. The maximum absolute atomic E-state index is 5.70. The van der Waals surface area contributed by atoms with E-state index in [4.69, 9.17) is 5.73 Å². The van der Waals surface area contributed by atoms with E-state index in [9.17, 15) is 0 Å². The third-order valence-electron chi connectivity index (χ3n) is 4.30. The summed E-state index contributed by atoms with van der Waals surface area (Å²) in [7, 11) is 0. The first-order valence-electron chi connectivity index (χ1n) is 7.67. The van der Waals surface area contributed by atoms with Crippen molar-refractivity contribution in [1.82, 2.24) is 9.78 Å². The molecule has 1 aromatic carbocycles. The third-order valence-corrected chi connectivity index (χ3v) is 4.30. The maximum atomic E-state index is 5.70. The zero-order valence-corrected chi connectivity index (χ0v) is 13.2. The van der Waals surface area contributed by atoms with E-state index in [1.807, 2.05) is 6.20 Å². The number of hydrogen-bond acceptors (Lipinski definition) is 2. The van der Waals surface area contributed by atoms with Gasteiger partial charge in [-0.2, -0.15) is 5.10 Å². The second-order valence-corrected chi connectivity index (χ2v) is 5.86. The van der Waals surface area contributed by atoms with Gasteiger partial charge in [0.15, 0.2) is 0 Å². The molecule has 0 spiro atoms. The van der Waals surface area contributed by atoms with Crippen LogP contribution in [-0.4, -0.2) is 9.78 Å². The molecule has 0 aliphatic heterocycles. The lowest BCUT2D eigenvalue weighted by molar-refractivity contribution is 0.308. The van der Waals surface area contributed by atoms with Crippen LogP contribution < -0.4 is 5.73 Å². The maximum Gasteiger partial charge on any atom is 0.0568 e. The van der Waals surface area contributed by atoms with Gasteiger partial charge in [-0.15, -0.1) is 12.4 Å². The molecule has 0 radical (unpaired) electrons. The Morgan fingerprint density at radius 2 is 1.95 bits per heavy atom. The van der Waals surface area contributed by atoms with E-state index in [1.165, 1.54) is 48.8 Å². The normalized spacial score (nSPS) is 15.7. The number of halogens is 1. The van der Waals surface area contributed by atoms with Gasteiger partial charge in [0.05, 0.1) is 6.20 Å². The SMILES string of the molecule is Cl.NCc1cccc(-c2cnn(CC3CCCCC3)c2)c1. The van der Waals surface area contributed by atoms with Crippen LogP contribution in [0.2, 0.25) is 0 Å². The van der Waals surface area contributed by atoms with E-state index in [0.29, 0.717) is 6.54 Å². The summed E-state index contributed by atoms with van der Waals surface area (Å²) in [5, 5.41) is 4.53. The van der Waals surface area contributed by atoms with Crippen molar-refractivity contribution in [3.05, 3.63) is 42.2 Å². The highest BCUT2D eigenvalue weighted by Crippen LogP contribution is 2.26. The second-order valence-electron chi connectivity index (χ2n) is 5.86. The molecule has 114 valence electrons. The first kappa shape index (κ1) is 16.1. The van der Waals surface area contributed by atoms with Gasteiger partial charge in [0.25, 0.3) is 0 Å². The molecule has 2 N–H and O–H groups in total. The van der Waals surface area contributed by atoms with Crippen molar-refractivity contribution in [1.29, 1.82) is 0 Å². The Bertz CT molecular complexity index is 559. The summed E-state index contributed by atoms with van der Waals surface area (Å²) in [6.07, 6.45) is 11.0. The average molecular weight is 306 g/mol. The first-order chi connectivity index (χ1) is 9.85. The van der Waals surface area contributed by atoms with Crippen molar-refractivity contribution in [3.8, 4) is 11.1 Å². The van der Waals surface area contributed by atoms with Crippen molar-refractivity contribution in [2.75, 3.05) is 0 Å². The summed E-state index contributed by atoms with van der Waals surface area (Å²) in [5.41, 5.74) is 9.28. The fourth-order valence-corrected chi connectivity index (χ4v) is 3.12. The Kier molecular flexibility index (Phi) is 5.83. The molecule has 0 bridgehead atoms. The van der Waals surface area contributed by atoms with Crippen LogP contribution in [-0.2, 0) is 13.1 Å². The minimum atomic E-state index is 0. The van der Waals surface area contributed by atoms with E-state index in [2.05, 4.69) is 40.2 Å². The molecule has 2 aromatic rings. The Morgan fingerprint density at radius 3 is 2.71 bits per heavy atom. The van der Waals surface area contributed by atoms with E-state index in [-0.39, 0.29) is 12.4 Å². The summed E-state index contributed by atoms with van der Waals surface area (Å²) in [6, 6.07) is 8.41. The van der Waals surface area contributed by atoms with Crippen molar-refractivity contribution < 1.29 is 0 Å². The van der Waals surface area contributed by atoms with Gasteiger partial charge >= 0.3 is 0 Å². The van der Waals surface area contributed by atoms with Crippen LogP contribution in [0.1, 0.15) is 37.7 Å². The van der Waals surface area contributed by atoms with Crippen LogP contribution in [0.15, 0.2) is 36.7 Å².